The topological polar surface area (TPSA) is 83.5 Å². The molecule has 0 fully saturated rings. The van der Waals surface area contributed by atoms with Crippen LogP contribution in [0.5, 0.6) is 0 Å². The predicted molar refractivity (Wildman–Crippen MR) is 109 cm³/mol. The van der Waals surface area contributed by atoms with Gasteiger partial charge < -0.3 is 5.32 Å². The van der Waals surface area contributed by atoms with Crippen molar-refractivity contribution in [1.82, 2.24) is 5.32 Å². The number of carbonyl (C=O) groups excluding carboxylic acids is 1. The maximum Gasteiger partial charge on any atom is 0.276 e. The van der Waals surface area contributed by atoms with Crippen LogP contribution in [0.2, 0.25) is 0 Å². The van der Waals surface area contributed by atoms with Gasteiger partial charge in [0.15, 0.2) is 5.25 Å². The van der Waals surface area contributed by atoms with Crippen molar-refractivity contribution >= 4 is 16.0 Å². The standard InChI is InChI=1S/C20H41NO4S/c1-4-7-9-10-11-12-13-14-16-19(26(23,24)25)20(22)21-17-18(6-3)15-8-5-2/h18-19H,4-17H2,1-3H3,(H,21,22)(H,23,24,25). The fraction of sp³-hybridized carbons (Fsp3) is 0.950. The van der Waals surface area contributed by atoms with Gasteiger partial charge in [-0.3, -0.25) is 9.35 Å². The van der Waals surface area contributed by atoms with Gasteiger partial charge in [-0.1, -0.05) is 91.4 Å². The average molecular weight is 392 g/mol. The monoisotopic (exact) mass is 391 g/mol. The van der Waals surface area contributed by atoms with Crippen molar-refractivity contribution in [2.24, 2.45) is 5.92 Å². The molecule has 0 bridgehead atoms. The number of hydrogen-bond donors (Lipinski definition) is 2. The molecule has 0 aliphatic carbocycles. The first-order chi connectivity index (χ1) is 12.4. The van der Waals surface area contributed by atoms with Crippen molar-refractivity contribution in [3.63, 3.8) is 0 Å². The van der Waals surface area contributed by atoms with Gasteiger partial charge in [0.2, 0.25) is 5.91 Å². The lowest BCUT2D eigenvalue weighted by atomic mass is 9.99. The number of unbranched alkanes of at least 4 members (excludes halogenated alkanes) is 8. The van der Waals surface area contributed by atoms with Gasteiger partial charge in [0.1, 0.15) is 0 Å². The zero-order chi connectivity index (χ0) is 19.8. The molecule has 0 saturated carbocycles. The number of rotatable bonds is 17. The second kappa shape index (κ2) is 15.4. The maximum absolute atomic E-state index is 12.3. The van der Waals surface area contributed by atoms with E-state index in [0.717, 1.165) is 44.9 Å². The summed E-state index contributed by atoms with van der Waals surface area (Å²) >= 11 is 0. The molecule has 5 nitrogen and oxygen atoms in total. The van der Waals surface area contributed by atoms with Gasteiger partial charge in [0.25, 0.3) is 10.1 Å². The van der Waals surface area contributed by atoms with Crippen LogP contribution in [0, 0.1) is 5.92 Å². The van der Waals surface area contributed by atoms with Crippen LogP contribution in [0.4, 0.5) is 0 Å². The molecule has 156 valence electrons. The fourth-order valence-electron chi connectivity index (χ4n) is 3.18. The van der Waals surface area contributed by atoms with Gasteiger partial charge in [0.05, 0.1) is 0 Å². The first-order valence-electron chi connectivity index (χ1n) is 10.6. The highest BCUT2D eigenvalue weighted by atomic mass is 32.2. The third-order valence-corrected chi connectivity index (χ3v) is 6.25. The number of nitrogens with one attached hydrogen (secondary N) is 1. The van der Waals surface area contributed by atoms with Gasteiger partial charge in [-0.15, -0.1) is 0 Å². The quantitative estimate of drug-likeness (QED) is 0.267. The van der Waals surface area contributed by atoms with Crippen LogP contribution in [0.3, 0.4) is 0 Å². The van der Waals surface area contributed by atoms with Gasteiger partial charge in [-0.2, -0.15) is 8.42 Å². The minimum Gasteiger partial charge on any atom is -0.355 e. The molecule has 0 aliphatic heterocycles. The third-order valence-electron chi connectivity index (χ3n) is 5.08. The number of carbonyl (C=O) groups is 1. The summed E-state index contributed by atoms with van der Waals surface area (Å²) in [4.78, 5) is 12.3. The van der Waals surface area contributed by atoms with Crippen LogP contribution in [0.15, 0.2) is 0 Å². The third kappa shape index (κ3) is 12.7. The largest absolute Gasteiger partial charge is 0.355 e. The molecule has 2 atom stereocenters. The van der Waals surface area contributed by atoms with E-state index in [9.17, 15) is 17.8 Å². The molecule has 0 spiro atoms. The molecular formula is C20H41NO4S. The molecule has 0 saturated heterocycles. The second-order valence-corrected chi connectivity index (χ2v) is 9.03. The number of amides is 1. The Morgan fingerprint density at radius 2 is 1.38 bits per heavy atom. The zero-order valence-corrected chi connectivity index (χ0v) is 18.0. The molecule has 0 heterocycles. The van der Waals surface area contributed by atoms with Crippen LogP contribution < -0.4 is 5.32 Å². The van der Waals surface area contributed by atoms with E-state index in [1.807, 2.05) is 0 Å². The summed E-state index contributed by atoms with van der Waals surface area (Å²) in [7, 11) is -4.35. The molecule has 26 heavy (non-hydrogen) atoms. The Labute approximate surface area is 161 Å². The Kier molecular flexibility index (Phi) is 15.1. The van der Waals surface area contributed by atoms with Crippen LogP contribution >= 0.6 is 0 Å². The zero-order valence-electron chi connectivity index (χ0n) is 17.1. The molecule has 2 N–H and O–H groups in total. The second-order valence-electron chi connectivity index (χ2n) is 7.43. The van der Waals surface area contributed by atoms with Crippen molar-refractivity contribution in [3.05, 3.63) is 0 Å². The molecule has 0 aromatic heterocycles. The highest BCUT2D eigenvalue weighted by molar-refractivity contribution is 7.87. The smallest absolute Gasteiger partial charge is 0.276 e. The lowest BCUT2D eigenvalue weighted by molar-refractivity contribution is -0.121. The van der Waals surface area contributed by atoms with Gasteiger partial charge >= 0.3 is 0 Å². The first-order valence-corrected chi connectivity index (χ1v) is 12.1. The van der Waals surface area contributed by atoms with Crippen molar-refractivity contribution in [1.29, 1.82) is 0 Å². The number of hydrogen-bond acceptors (Lipinski definition) is 3. The Bertz CT molecular complexity index is 451. The summed E-state index contributed by atoms with van der Waals surface area (Å²) in [5.74, 6) is -0.186. The molecule has 0 aliphatic rings. The Balaban J connectivity index is 4.24. The van der Waals surface area contributed by atoms with Crippen molar-refractivity contribution in [2.75, 3.05) is 6.54 Å². The average Bonchev–Trinajstić information content (AvgIpc) is 2.59. The van der Waals surface area contributed by atoms with E-state index in [4.69, 9.17) is 0 Å². The van der Waals surface area contributed by atoms with Crippen LogP contribution in [0.25, 0.3) is 0 Å². The van der Waals surface area contributed by atoms with E-state index in [-0.39, 0.29) is 6.42 Å². The molecule has 1 amide bonds. The summed E-state index contributed by atoms with van der Waals surface area (Å²) in [5.41, 5.74) is 0. The molecule has 0 radical (unpaired) electrons. The molecule has 0 rings (SSSR count). The SMILES string of the molecule is CCCCCCCCCCC(C(=O)NCC(CC)CCCC)S(=O)(=O)O. The van der Waals surface area contributed by atoms with E-state index < -0.39 is 21.3 Å². The van der Waals surface area contributed by atoms with Crippen LogP contribution in [0.1, 0.15) is 104 Å². The minimum atomic E-state index is -4.35. The first kappa shape index (κ1) is 25.4. The lowest BCUT2D eigenvalue weighted by Gasteiger charge is -2.18. The molecule has 0 aromatic rings. The van der Waals surface area contributed by atoms with Crippen molar-refractivity contribution < 1.29 is 17.8 Å². The Morgan fingerprint density at radius 1 is 0.846 bits per heavy atom. The Hall–Kier alpha value is -0.620. The Morgan fingerprint density at radius 3 is 1.88 bits per heavy atom. The molecule has 0 aromatic carbocycles. The van der Waals surface area contributed by atoms with Crippen molar-refractivity contribution in [3.8, 4) is 0 Å². The normalized spacial score (nSPS) is 14.2. The summed E-state index contributed by atoms with van der Waals surface area (Å²) in [5, 5.41) is 1.42. The lowest BCUT2D eigenvalue weighted by Crippen LogP contribution is -2.41. The highest BCUT2D eigenvalue weighted by Crippen LogP contribution is 2.15. The summed E-state index contributed by atoms with van der Waals surface area (Å²) in [6, 6.07) is 0. The minimum absolute atomic E-state index is 0.200. The van der Waals surface area contributed by atoms with E-state index >= 15 is 0 Å². The summed E-state index contributed by atoms with van der Waals surface area (Å²) in [6.07, 6.45) is 13.1. The summed E-state index contributed by atoms with van der Waals surface area (Å²) in [6.45, 7) is 6.88. The van der Waals surface area contributed by atoms with Gasteiger partial charge in [-0.25, -0.2) is 0 Å². The molecular weight excluding hydrogens is 350 g/mol. The van der Waals surface area contributed by atoms with E-state index in [2.05, 4.69) is 26.1 Å². The maximum atomic E-state index is 12.3. The van der Waals surface area contributed by atoms with Crippen molar-refractivity contribution in [2.45, 2.75) is 109 Å². The predicted octanol–water partition coefficient (Wildman–Crippen LogP) is 5.11. The van der Waals surface area contributed by atoms with Gasteiger partial charge in [-0.05, 0) is 18.8 Å². The molecule has 6 heteroatoms. The fourth-order valence-corrected chi connectivity index (χ4v) is 4.00. The van der Waals surface area contributed by atoms with E-state index in [0.29, 0.717) is 18.9 Å². The summed E-state index contributed by atoms with van der Waals surface area (Å²) < 4.78 is 32.6. The van der Waals surface area contributed by atoms with Gasteiger partial charge in [0, 0.05) is 6.54 Å². The van der Waals surface area contributed by atoms with Crippen LogP contribution in [-0.4, -0.2) is 30.7 Å². The molecule has 2 unspecified atom stereocenters. The highest BCUT2D eigenvalue weighted by Gasteiger charge is 2.30. The van der Waals surface area contributed by atoms with Crippen LogP contribution in [-0.2, 0) is 14.9 Å². The van der Waals surface area contributed by atoms with E-state index in [1.165, 1.54) is 25.7 Å². The van der Waals surface area contributed by atoms with E-state index in [1.54, 1.807) is 0 Å².